The summed E-state index contributed by atoms with van der Waals surface area (Å²) in [5.74, 6) is -2.03. The standard InChI is InChI=1S/C29H44N4O10/c1-27(2,3)41-21(34)18-39-19-10-12-20(13-11-19)40-22(24(36)42-28(4,5)6)23(35)30-31-25(37)32-14-16-33(17-15-32)26(38)43-29(7,8)9/h10-13,22H,14-18H2,1-9H3,(H,30,35)(H,31,37). The molecule has 1 heterocycles. The fraction of sp³-hybridized carbons (Fsp3) is 0.621. The monoisotopic (exact) mass is 608 g/mol. The number of rotatable bonds is 7. The first kappa shape index (κ1) is 35.0. The van der Waals surface area contributed by atoms with E-state index in [1.165, 1.54) is 34.1 Å². The lowest BCUT2D eigenvalue weighted by Gasteiger charge is -2.35. The normalized spacial score (nSPS) is 14.6. The lowest BCUT2D eigenvalue weighted by molar-refractivity contribution is -0.166. The summed E-state index contributed by atoms with van der Waals surface area (Å²) in [6.45, 7) is 16.0. The number of hydrogen-bond donors (Lipinski definition) is 2. The first-order chi connectivity index (χ1) is 19.7. The number of hydrazine groups is 1. The van der Waals surface area contributed by atoms with Crippen LogP contribution in [0.15, 0.2) is 24.3 Å². The Morgan fingerprint density at radius 2 is 1.19 bits per heavy atom. The van der Waals surface area contributed by atoms with Crippen LogP contribution >= 0.6 is 0 Å². The Morgan fingerprint density at radius 1 is 0.698 bits per heavy atom. The molecule has 4 amide bonds. The molecule has 1 fully saturated rings. The van der Waals surface area contributed by atoms with Crippen LogP contribution in [-0.2, 0) is 28.6 Å². The maximum Gasteiger partial charge on any atom is 0.410 e. The van der Waals surface area contributed by atoms with Crippen molar-refractivity contribution >= 4 is 30.0 Å². The summed E-state index contributed by atoms with van der Waals surface area (Å²) >= 11 is 0. The Hall–Kier alpha value is -4.23. The van der Waals surface area contributed by atoms with Gasteiger partial charge in [-0.25, -0.2) is 24.6 Å². The highest BCUT2D eigenvalue weighted by Gasteiger charge is 2.35. The Bertz CT molecular complexity index is 1140. The molecular formula is C29H44N4O10. The van der Waals surface area contributed by atoms with Crippen LogP contribution in [0.3, 0.4) is 0 Å². The minimum Gasteiger partial charge on any atom is -0.482 e. The summed E-state index contributed by atoms with van der Waals surface area (Å²) in [4.78, 5) is 65.5. The van der Waals surface area contributed by atoms with Gasteiger partial charge >= 0.3 is 24.1 Å². The van der Waals surface area contributed by atoms with E-state index in [-0.39, 0.29) is 38.5 Å². The van der Waals surface area contributed by atoms with E-state index < -0.39 is 52.9 Å². The summed E-state index contributed by atoms with van der Waals surface area (Å²) in [6, 6.07) is 5.23. The number of hydrogen-bond acceptors (Lipinski definition) is 10. The van der Waals surface area contributed by atoms with E-state index in [9.17, 15) is 24.0 Å². The summed E-state index contributed by atoms with van der Waals surface area (Å²) < 4.78 is 26.9. The second-order valence-corrected chi connectivity index (χ2v) is 12.8. The van der Waals surface area contributed by atoms with Crippen LogP contribution in [0.1, 0.15) is 62.3 Å². The summed E-state index contributed by atoms with van der Waals surface area (Å²) in [5, 5.41) is 0. The highest BCUT2D eigenvalue weighted by molar-refractivity contribution is 6.01. The van der Waals surface area contributed by atoms with Crippen molar-refractivity contribution in [3.8, 4) is 11.5 Å². The number of ether oxygens (including phenoxy) is 5. The molecule has 0 aromatic heterocycles. The molecule has 0 spiro atoms. The fourth-order valence-electron chi connectivity index (χ4n) is 3.51. The predicted molar refractivity (Wildman–Crippen MR) is 154 cm³/mol. The van der Waals surface area contributed by atoms with E-state index in [1.54, 1.807) is 62.3 Å². The number of nitrogens with zero attached hydrogens (tertiary/aromatic N) is 2. The van der Waals surface area contributed by atoms with Gasteiger partial charge in [-0.3, -0.25) is 10.2 Å². The zero-order valence-electron chi connectivity index (χ0n) is 26.4. The molecule has 43 heavy (non-hydrogen) atoms. The second-order valence-electron chi connectivity index (χ2n) is 12.8. The zero-order valence-corrected chi connectivity index (χ0v) is 26.4. The number of carbonyl (C=O) groups excluding carboxylic acids is 5. The lowest BCUT2D eigenvalue weighted by atomic mass is 10.2. The number of carbonyl (C=O) groups is 5. The molecule has 1 unspecified atom stereocenters. The number of amides is 4. The molecule has 0 radical (unpaired) electrons. The topological polar surface area (TPSA) is 162 Å². The largest absolute Gasteiger partial charge is 0.482 e. The molecule has 0 bridgehead atoms. The highest BCUT2D eigenvalue weighted by atomic mass is 16.6. The van der Waals surface area contributed by atoms with Crippen molar-refractivity contribution in [1.82, 2.24) is 20.7 Å². The molecule has 0 aliphatic carbocycles. The van der Waals surface area contributed by atoms with Gasteiger partial charge in [0, 0.05) is 26.2 Å². The van der Waals surface area contributed by atoms with Gasteiger partial charge in [-0.05, 0) is 86.6 Å². The maximum absolute atomic E-state index is 13.0. The molecule has 1 aliphatic rings. The quantitative estimate of drug-likeness (QED) is 0.204. The summed E-state index contributed by atoms with van der Waals surface area (Å²) in [6.07, 6.45) is -2.24. The molecule has 1 aromatic rings. The number of benzene rings is 1. The average molecular weight is 609 g/mol. The number of urea groups is 1. The summed E-state index contributed by atoms with van der Waals surface area (Å²) in [7, 11) is 0. The van der Waals surface area contributed by atoms with E-state index in [4.69, 9.17) is 23.7 Å². The van der Waals surface area contributed by atoms with Crippen LogP contribution in [0.25, 0.3) is 0 Å². The molecule has 2 N–H and O–H groups in total. The maximum atomic E-state index is 13.0. The van der Waals surface area contributed by atoms with Crippen LogP contribution in [0.4, 0.5) is 9.59 Å². The van der Waals surface area contributed by atoms with Gasteiger partial charge in [0.1, 0.15) is 28.3 Å². The van der Waals surface area contributed by atoms with Crippen molar-refractivity contribution in [1.29, 1.82) is 0 Å². The number of esters is 2. The smallest absolute Gasteiger partial charge is 0.410 e. The molecule has 0 saturated carbocycles. The first-order valence-corrected chi connectivity index (χ1v) is 13.9. The molecule has 240 valence electrons. The van der Waals surface area contributed by atoms with E-state index in [2.05, 4.69) is 10.9 Å². The van der Waals surface area contributed by atoms with Gasteiger partial charge in [0.2, 0.25) is 0 Å². The minimum absolute atomic E-state index is 0.125. The van der Waals surface area contributed by atoms with Crippen LogP contribution in [0.5, 0.6) is 11.5 Å². The number of piperazine rings is 1. The first-order valence-electron chi connectivity index (χ1n) is 13.9. The predicted octanol–water partition coefficient (Wildman–Crippen LogP) is 2.79. The van der Waals surface area contributed by atoms with Crippen molar-refractivity contribution < 1.29 is 47.7 Å². The molecule has 14 nitrogen and oxygen atoms in total. The minimum atomic E-state index is -1.77. The Balaban J connectivity index is 1.97. The third kappa shape index (κ3) is 13.1. The zero-order chi connectivity index (χ0) is 32.6. The van der Waals surface area contributed by atoms with E-state index in [1.807, 2.05) is 0 Å². The van der Waals surface area contributed by atoms with Gasteiger partial charge in [-0.1, -0.05) is 0 Å². The molecular weight excluding hydrogens is 564 g/mol. The molecule has 1 aliphatic heterocycles. The average Bonchev–Trinajstić information content (AvgIpc) is 2.86. The molecule has 1 atom stereocenters. The van der Waals surface area contributed by atoms with Crippen LogP contribution < -0.4 is 20.3 Å². The van der Waals surface area contributed by atoms with E-state index >= 15 is 0 Å². The second kappa shape index (κ2) is 14.3. The number of nitrogens with one attached hydrogen (secondary N) is 2. The third-order valence-corrected chi connectivity index (χ3v) is 5.22. The molecule has 1 saturated heterocycles. The van der Waals surface area contributed by atoms with Gasteiger partial charge < -0.3 is 33.5 Å². The van der Waals surface area contributed by atoms with Gasteiger partial charge in [0.25, 0.3) is 12.0 Å². The van der Waals surface area contributed by atoms with Gasteiger partial charge in [-0.2, -0.15) is 0 Å². The molecule has 1 aromatic carbocycles. The SMILES string of the molecule is CC(C)(C)OC(=O)COc1ccc(OC(C(=O)NNC(=O)N2CCN(C(=O)OC(C)(C)C)CC2)C(=O)OC(C)(C)C)cc1. The van der Waals surface area contributed by atoms with Crippen molar-refractivity contribution in [3.05, 3.63) is 24.3 Å². The van der Waals surface area contributed by atoms with Crippen molar-refractivity contribution in [2.24, 2.45) is 0 Å². The molecule has 14 heteroatoms. The van der Waals surface area contributed by atoms with E-state index in [0.717, 1.165) is 0 Å². The third-order valence-electron chi connectivity index (χ3n) is 5.22. The van der Waals surface area contributed by atoms with Gasteiger partial charge in [0.15, 0.2) is 6.61 Å². The van der Waals surface area contributed by atoms with Crippen LogP contribution in [-0.4, -0.2) is 95.5 Å². The lowest BCUT2D eigenvalue weighted by Crippen LogP contribution is -2.58. The fourth-order valence-corrected chi connectivity index (χ4v) is 3.51. The Labute approximate surface area is 252 Å². The van der Waals surface area contributed by atoms with Crippen molar-refractivity contribution in [2.45, 2.75) is 85.2 Å². The molecule has 2 rings (SSSR count). The van der Waals surface area contributed by atoms with E-state index in [0.29, 0.717) is 5.75 Å². The van der Waals surface area contributed by atoms with Gasteiger partial charge in [0.05, 0.1) is 0 Å². The summed E-state index contributed by atoms with van der Waals surface area (Å²) in [5.41, 5.74) is 2.27. The van der Waals surface area contributed by atoms with Gasteiger partial charge in [-0.15, -0.1) is 0 Å². The van der Waals surface area contributed by atoms with Crippen molar-refractivity contribution in [3.63, 3.8) is 0 Å². The van der Waals surface area contributed by atoms with Crippen LogP contribution in [0.2, 0.25) is 0 Å². The van der Waals surface area contributed by atoms with Crippen molar-refractivity contribution in [2.75, 3.05) is 32.8 Å². The Morgan fingerprint density at radius 3 is 1.70 bits per heavy atom. The van der Waals surface area contributed by atoms with Crippen LogP contribution in [0, 0.1) is 0 Å². The Kier molecular flexibility index (Phi) is 11.6. The highest BCUT2D eigenvalue weighted by Crippen LogP contribution is 2.20.